The Balaban J connectivity index is 1.52. The zero-order valence-corrected chi connectivity index (χ0v) is 22.1. The summed E-state index contributed by atoms with van der Waals surface area (Å²) in [5.41, 5.74) is 3.12. The van der Waals surface area contributed by atoms with Gasteiger partial charge in [-0.05, 0) is 63.3 Å². The highest BCUT2D eigenvalue weighted by molar-refractivity contribution is 6.30. The summed E-state index contributed by atoms with van der Waals surface area (Å²) in [6, 6.07) is 5.07. The molecule has 6 nitrogen and oxygen atoms in total. The average molecular weight is 502 g/mol. The van der Waals surface area contributed by atoms with Gasteiger partial charge in [-0.25, -0.2) is 14.4 Å². The van der Waals surface area contributed by atoms with Gasteiger partial charge in [-0.15, -0.1) is 0 Å². The quantitative estimate of drug-likeness (QED) is 0.516. The topological polar surface area (TPSA) is 52.6 Å². The van der Waals surface area contributed by atoms with Crippen molar-refractivity contribution in [3.63, 3.8) is 0 Å². The average Bonchev–Trinajstić information content (AvgIpc) is 3.24. The molecule has 0 radical (unpaired) electrons. The first-order valence-corrected chi connectivity index (χ1v) is 13.2. The highest BCUT2D eigenvalue weighted by atomic mass is 35.5. The first-order valence-electron chi connectivity index (χ1n) is 12.9. The minimum Gasteiger partial charge on any atom is -0.353 e. The number of hydrogen-bond acceptors (Lipinski definition) is 5. The summed E-state index contributed by atoms with van der Waals surface area (Å²) in [4.78, 5) is 29.5. The number of carbonyl (C=O) groups is 1. The number of amides is 1. The van der Waals surface area contributed by atoms with Gasteiger partial charge in [-0.1, -0.05) is 31.5 Å². The fourth-order valence-electron chi connectivity index (χ4n) is 5.37. The van der Waals surface area contributed by atoms with Gasteiger partial charge in [-0.3, -0.25) is 9.69 Å². The van der Waals surface area contributed by atoms with Crippen LogP contribution in [0.4, 0.5) is 10.2 Å². The Morgan fingerprint density at radius 2 is 1.97 bits per heavy atom. The minimum absolute atomic E-state index is 0.0504. The molecule has 8 heteroatoms. The molecule has 4 rings (SSSR count). The highest BCUT2D eigenvalue weighted by Crippen LogP contribution is 2.37. The largest absolute Gasteiger partial charge is 0.353 e. The Labute approximate surface area is 213 Å². The standard InChI is InChI=1S/C27H37ClFN5O/c1-5-10-34(18(2)3)16-21(20-7-8-22(28)23(29)15-20)27(35)33-13-11-32(12-14-33)26-25-19(4)6-9-24(25)30-17-31-26/h7-8,15,17-19,21H,5-6,9-14,16H2,1-4H3/t19-,21-/m1/s1. The lowest BCUT2D eigenvalue weighted by molar-refractivity contribution is -0.133. The number of benzene rings is 1. The number of piperazine rings is 1. The smallest absolute Gasteiger partial charge is 0.231 e. The van der Waals surface area contributed by atoms with Crippen molar-refractivity contribution in [2.45, 2.75) is 64.8 Å². The van der Waals surface area contributed by atoms with E-state index in [9.17, 15) is 9.18 Å². The normalized spacial score (nSPS) is 18.9. The summed E-state index contributed by atoms with van der Waals surface area (Å²) in [6.07, 6.45) is 4.79. The molecule has 0 N–H and O–H groups in total. The monoisotopic (exact) mass is 501 g/mol. The summed E-state index contributed by atoms with van der Waals surface area (Å²) < 4.78 is 14.4. The Hall–Kier alpha value is -2.25. The molecule has 35 heavy (non-hydrogen) atoms. The zero-order valence-electron chi connectivity index (χ0n) is 21.3. The number of anilines is 1. The number of carbonyl (C=O) groups excluding carboxylic acids is 1. The molecule has 1 aliphatic heterocycles. The molecule has 2 aliphatic rings. The van der Waals surface area contributed by atoms with E-state index in [1.807, 2.05) is 4.90 Å². The molecular formula is C27H37ClFN5O. The van der Waals surface area contributed by atoms with Crippen molar-refractivity contribution in [1.82, 2.24) is 19.8 Å². The van der Waals surface area contributed by atoms with Gasteiger partial charge in [0, 0.05) is 50.0 Å². The molecule has 0 saturated carbocycles. The molecular weight excluding hydrogens is 465 g/mol. The maximum atomic E-state index is 14.4. The third-order valence-electron chi connectivity index (χ3n) is 7.45. The second-order valence-corrected chi connectivity index (χ2v) is 10.5. The fraction of sp³-hybridized carbons (Fsp3) is 0.593. The van der Waals surface area contributed by atoms with Crippen LogP contribution in [0.25, 0.3) is 0 Å². The van der Waals surface area contributed by atoms with Crippen LogP contribution in [0.3, 0.4) is 0 Å². The predicted molar refractivity (Wildman–Crippen MR) is 139 cm³/mol. The summed E-state index contributed by atoms with van der Waals surface area (Å²) in [5, 5.41) is 0.0782. The Morgan fingerprint density at radius 1 is 1.23 bits per heavy atom. The van der Waals surface area contributed by atoms with Crippen LogP contribution in [0, 0.1) is 5.82 Å². The van der Waals surface area contributed by atoms with E-state index < -0.39 is 11.7 Å². The van der Waals surface area contributed by atoms with Gasteiger partial charge in [0.25, 0.3) is 0 Å². The summed E-state index contributed by atoms with van der Waals surface area (Å²) >= 11 is 5.95. The van der Waals surface area contributed by atoms with Crippen LogP contribution in [0.5, 0.6) is 0 Å². The second-order valence-electron chi connectivity index (χ2n) is 10.1. The third kappa shape index (κ3) is 5.61. The number of rotatable bonds is 8. The number of hydrogen-bond donors (Lipinski definition) is 0. The van der Waals surface area contributed by atoms with E-state index in [4.69, 9.17) is 11.6 Å². The molecule has 2 atom stereocenters. The van der Waals surface area contributed by atoms with Gasteiger partial charge < -0.3 is 9.80 Å². The molecule has 0 unspecified atom stereocenters. The molecule has 1 fully saturated rings. The molecule has 0 bridgehead atoms. The summed E-state index contributed by atoms with van der Waals surface area (Å²) in [6.45, 7) is 12.8. The summed E-state index contributed by atoms with van der Waals surface area (Å²) in [5.74, 6) is 0.619. The SMILES string of the molecule is CCCN(C[C@@H](C(=O)N1CCN(c2ncnc3c2[C@H](C)CC3)CC1)c1ccc(Cl)c(F)c1)C(C)C. The van der Waals surface area contributed by atoms with E-state index in [0.29, 0.717) is 37.2 Å². The van der Waals surface area contributed by atoms with E-state index in [-0.39, 0.29) is 10.9 Å². The number of halogens is 2. The van der Waals surface area contributed by atoms with E-state index >= 15 is 0 Å². The molecule has 1 saturated heterocycles. The first kappa shape index (κ1) is 25.8. The van der Waals surface area contributed by atoms with Crippen LogP contribution in [0.1, 0.15) is 69.2 Å². The minimum atomic E-state index is -0.481. The van der Waals surface area contributed by atoms with Crippen molar-refractivity contribution in [3.05, 3.63) is 52.2 Å². The van der Waals surface area contributed by atoms with Crippen molar-refractivity contribution in [2.75, 3.05) is 44.2 Å². The fourth-order valence-corrected chi connectivity index (χ4v) is 5.49. The van der Waals surface area contributed by atoms with Gasteiger partial charge in [0.2, 0.25) is 5.91 Å². The van der Waals surface area contributed by atoms with E-state index in [0.717, 1.165) is 50.4 Å². The van der Waals surface area contributed by atoms with Gasteiger partial charge >= 0.3 is 0 Å². The van der Waals surface area contributed by atoms with Crippen LogP contribution in [-0.4, -0.2) is 71.0 Å². The van der Waals surface area contributed by atoms with Crippen LogP contribution in [0.15, 0.2) is 24.5 Å². The number of fused-ring (bicyclic) bond motifs is 1. The summed E-state index contributed by atoms with van der Waals surface area (Å²) in [7, 11) is 0. The van der Waals surface area contributed by atoms with Crippen molar-refractivity contribution in [2.24, 2.45) is 0 Å². The third-order valence-corrected chi connectivity index (χ3v) is 7.75. The lowest BCUT2D eigenvalue weighted by Gasteiger charge is -2.39. The number of aryl methyl sites for hydroxylation is 1. The lowest BCUT2D eigenvalue weighted by Crippen LogP contribution is -2.52. The Morgan fingerprint density at radius 3 is 2.63 bits per heavy atom. The van der Waals surface area contributed by atoms with Crippen molar-refractivity contribution < 1.29 is 9.18 Å². The van der Waals surface area contributed by atoms with Crippen LogP contribution in [0.2, 0.25) is 5.02 Å². The molecule has 1 aliphatic carbocycles. The molecule has 1 aromatic carbocycles. The molecule has 1 aromatic heterocycles. The lowest BCUT2D eigenvalue weighted by atomic mass is 9.95. The molecule has 2 aromatic rings. The first-order chi connectivity index (χ1) is 16.8. The Bertz CT molecular complexity index is 1040. The van der Waals surface area contributed by atoms with Gasteiger partial charge in [0.1, 0.15) is 18.0 Å². The van der Waals surface area contributed by atoms with Crippen LogP contribution >= 0.6 is 11.6 Å². The van der Waals surface area contributed by atoms with E-state index in [2.05, 4.69) is 47.5 Å². The van der Waals surface area contributed by atoms with Crippen LogP contribution < -0.4 is 4.90 Å². The van der Waals surface area contributed by atoms with Crippen molar-refractivity contribution in [3.8, 4) is 0 Å². The molecule has 190 valence electrons. The highest BCUT2D eigenvalue weighted by Gasteiger charge is 2.33. The predicted octanol–water partition coefficient (Wildman–Crippen LogP) is 4.87. The van der Waals surface area contributed by atoms with Gasteiger partial charge in [0.05, 0.1) is 10.9 Å². The van der Waals surface area contributed by atoms with Gasteiger partial charge in [-0.2, -0.15) is 0 Å². The van der Waals surface area contributed by atoms with E-state index in [1.165, 1.54) is 11.6 Å². The molecule has 0 spiro atoms. The number of aromatic nitrogens is 2. The maximum Gasteiger partial charge on any atom is 0.231 e. The molecule has 1 amide bonds. The zero-order chi connectivity index (χ0) is 25.1. The number of nitrogens with zero attached hydrogens (tertiary/aromatic N) is 5. The maximum absolute atomic E-state index is 14.4. The molecule has 2 heterocycles. The van der Waals surface area contributed by atoms with Crippen molar-refractivity contribution >= 4 is 23.3 Å². The van der Waals surface area contributed by atoms with Gasteiger partial charge in [0.15, 0.2) is 0 Å². The Kier molecular flexibility index (Phi) is 8.27. The van der Waals surface area contributed by atoms with Crippen LogP contribution in [-0.2, 0) is 11.2 Å². The van der Waals surface area contributed by atoms with E-state index in [1.54, 1.807) is 18.5 Å². The van der Waals surface area contributed by atoms with Crippen molar-refractivity contribution in [1.29, 1.82) is 0 Å². The second kappa shape index (κ2) is 11.2.